The second kappa shape index (κ2) is 13.5. The molecule has 1 aromatic heterocycles. The molecule has 5 aliphatic heterocycles. The van der Waals surface area contributed by atoms with E-state index in [2.05, 4.69) is 173 Å². The predicted molar refractivity (Wildman–Crippen MR) is 280 cm³/mol. The summed E-state index contributed by atoms with van der Waals surface area (Å²) in [4.78, 5) is 7.90. The number of benzene rings is 3. The quantitative estimate of drug-likeness (QED) is 0.176. The minimum Gasteiger partial charge on any atom is -0.313 e. The average molecular weight is 903 g/mol. The lowest BCUT2D eigenvalue weighted by Crippen LogP contribution is -2.59. The Kier molecular flexibility index (Phi) is 8.27. The summed E-state index contributed by atoms with van der Waals surface area (Å²) in [6.07, 6.45) is 33.1. The maximum absolute atomic E-state index is 3.20. The Labute approximate surface area is 403 Å². The zero-order valence-electron chi connectivity index (χ0n) is 40.4. The Hall–Kier alpha value is -3.38. The maximum Gasteiger partial charge on any atom is 0.243 e. The molecule has 11 aliphatic rings. The molecular formula is C61H67BN2S2. The molecule has 336 valence electrons. The fourth-order valence-electron chi connectivity index (χ4n) is 17.5. The van der Waals surface area contributed by atoms with Crippen LogP contribution < -0.4 is 10.9 Å². The summed E-state index contributed by atoms with van der Waals surface area (Å²) in [6.45, 7) is 18.1. The van der Waals surface area contributed by atoms with E-state index < -0.39 is 0 Å². The molecule has 0 spiro atoms. The number of allylic oxidation sites excluding steroid dienone is 7. The lowest BCUT2D eigenvalue weighted by atomic mass is 9.32. The molecule has 5 heteroatoms. The van der Waals surface area contributed by atoms with Crippen molar-refractivity contribution < 1.29 is 0 Å². The Morgan fingerprint density at radius 3 is 2.62 bits per heavy atom. The first-order valence-corrected chi connectivity index (χ1v) is 28.1. The van der Waals surface area contributed by atoms with Gasteiger partial charge in [0.25, 0.3) is 0 Å². The van der Waals surface area contributed by atoms with Crippen LogP contribution in [-0.2, 0) is 11.8 Å². The molecule has 0 amide bonds. The van der Waals surface area contributed by atoms with Crippen molar-refractivity contribution in [3.05, 3.63) is 135 Å². The summed E-state index contributed by atoms with van der Waals surface area (Å²) in [7, 11) is 0. The Balaban J connectivity index is 0.973. The summed E-state index contributed by atoms with van der Waals surface area (Å²) in [5, 5.41) is 2.27. The van der Waals surface area contributed by atoms with E-state index in [0.29, 0.717) is 54.3 Å². The van der Waals surface area contributed by atoms with Crippen LogP contribution in [0.25, 0.3) is 16.6 Å². The number of likely N-dealkylation sites (tertiary alicyclic amines) is 1. The number of thioether (sulfide) groups is 2. The minimum atomic E-state index is -0.131. The number of fused-ring (bicyclic) bond motifs is 17. The van der Waals surface area contributed by atoms with Crippen molar-refractivity contribution in [3.63, 3.8) is 0 Å². The van der Waals surface area contributed by atoms with Crippen molar-refractivity contribution in [1.29, 1.82) is 0 Å². The van der Waals surface area contributed by atoms with Crippen LogP contribution >= 0.6 is 23.5 Å². The zero-order chi connectivity index (χ0) is 44.4. The van der Waals surface area contributed by atoms with E-state index in [9.17, 15) is 0 Å². The van der Waals surface area contributed by atoms with Gasteiger partial charge in [-0.3, -0.25) is 4.90 Å². The van der Waals surface area contributed by atoms with Gasteiger partial charge in [-0.05, 0) is 131 Å². The summed E-state index contributed by atoms with van der Waals surface area (Å²) in [5.74, 6) is 3.09. The van der Waals surface area contributed by atoms with E-state index in [-0.39, 0.29) is 21.8 Å². The van der Waals surface area contributed by atoms with Gasteiger partial charge >= 0.3 is 0 Å². The second-order valence-electron chi connectivity index (χ2n) is 25.2. The van der Waals surface area contributed by atoms with E-state index >= 15 is 0 Å². The predicted octanol–water partition coefficient (Wildman–Crippen LogP) is 13.9. The third kappa shape index (κ3) is 5.05. The second-order valence-corrected chi connectivity index (χ2v) is 27.6. The monoisotopic (exact) mass is 902 g/mol. The third-order valence-corrected chi connectivity index (χ3v) is 23.8. The van der Waals surface area contributed by atoms with Gasteiger partial charge in [0.15, 0.2) is 0 Å². The molecule has 2 nitrogen and oxygen atoms in total. The van der Waals surface area contributed by atoms with Gasteiger partial charge < -0.3 is 4.57 Å². The number of para-hydroxylation sites is 1. The molecule has 15 rings (SSSR count). The van der Waals surface area contributed by atoms with Crippen LogP contribution in [0.1, 0.15) is 152 Å². The molecule has 0 N–H and O–H groups in total. The number of rotatable bonds is 1. The molecular weight excluding hydrogens is 836 g/mol. The number of hydrogen-bond donors (Lipinski definition) is 0. The van der Waals surface area contributed by atoms with Crippen LogP contribution in [0.3, 0.4) is 0 Å². The van der Waals surface area contributed by atoms with Gasteiger partial charge in [0, 0.05) is 78.1 Å². The van der Waals surface area contributed by atoms with Crippen molar-refractivity contribution in [1.82, 2.24) is 9.47 Å². The van der Waals surface area contributed by atoms with E-state index in [1.54, 1.807) is 59.5 Å². The summed E-state index contributed by atoms with van der Waals surface area (Å²) in [6, 6.07) is 21.8. The number of nitrogens with zero attached hydrogens (tertiary/aromatic N) is 2. The minimum absolute atomic E-state index is 0.131. The highest BCUT2D eigenvalue weighted by molar-refractivity contribution is 8.03. The smallest absolute Gasteiger partial charge is 0.243 e. The van der Waals surface area contributed by atoms with Crippen LogP contribution in [0, 0.1) is 34.5 Å². The van der Waals surface area contributed by atoms with E-state index in [0.717, 1.165) is 18.1 Å². The highest BCUT2D eigenvalue weighted by Crippen LogP contribution is 2.65. The van der Waals surface area contributed by atoms with Gasteiger partial charge in [0.1, 0.15) is 0 Å². The lowest BCUT2D eigenvalue weighted by Gasteiger charge is -2.54. The van der Waals surface area contributed by atoms with Gasteiger partial charge in [-0.25, -0.2) is 0 Å². The van der Waals surface area contributed by atoms with Crippen LogP contribution in [0.2, 0.25) is 0 Å². The third-order valence-electron chi connectivity index (χ3n) is 21.0. The molecule has 10 unspecified atom stereocenters. The van der Waals surface area contributed by atoms with Crippen molar-refractivity contribution in [2.24, 2.45) is 34.5 Å². The first-order chi connectivity index (χ1) is 31.8. The van der Waals surface area contributed by atoms with Crippen LogP contribution in [0.15, 0.2) is 117 Å². The number of aromatic nitrogens is 1. The maximum atomic E-state index is 3.20. The van der Waals surface area contributed by atoms with E-state index in [1.807, 2.05) is 0 Å². The summed E-state index contributed by atoms with van der Waals surface area (Å²) in [5.41, 5.74) is 18.1. The van der Waals surface area contributed by atoms with E-state index in [4.69, 9.17) is 0 Å². The zero-order valence-corrected chi connectivity index (χ0v) is 42.1. The lowest BCUT2D eigenvalue weighted by molar-refractivity contribution is -0.0233. The van der Waals surface area contributed by atoms with Crippen LogP contribution in [-0.4, -0.2) is 39.1 Å². The normalized spacial score (nSPS) is 37.0. The average Bonchev–Trinajstić information content (AvgIpc) is 4.00. The van der Waals surface area contributed by atoms with Gasteiger partial charge in [-0.15, -0.1) is 11.8 Å². The van der Waals surface area contributed by atoms with Crippen molar-refractivity contribution in [2.45, 2.75) is 169 Å². The Bertz CT molecular complexity index is 3010. The van der Waals surface area contributed by atoms with Gasteiger partial charge in [0.2, 0.25) is 6.71 Å². The molecule has 4 aromatic rings. The topological polar surface area (TPSA) is 8.17 Å². The Morgan fingerprint density at radius 1 is 0.879 bits per heavy atom. The standard InChI is InChI=1S/C61H67BN2S2/c1-58(2,3)35-20-24-48-45(31-35)60(6)26-10-11-27-61(60,7)64(48)38-22-23-46-43(33-38)42-29-34-28-37(59(4,5)36-21-25-51-44(30-36)53-39(42)15-13-19-52(53)65-51)32-49-54(34)62(46)47-17-12-16-41-55(47)63(49)56-40-14-8-9-18-50(40)66-57(41)56/h12-13,15-17,19-21,23-25,28,30-32,38-40,42-43,45,48,50,53H,8-11,14,18,22,26-27,29,33H2,1-7H3/t38?,39?,40?,42?,43?,45?,48?,50-,53?,60?,61?/m1/s1. The highest BCUT2D eigenvalue weighted by Gasteiger charge is 2.65. The molecule has 3 fully saturated rings. The van der Waals surface area contributed by atoms with Gasteiger partial charge in [-0.1, -0.05) is 169 Å². The fourth-order valence-corrected chi connectivity index (χ4v) is 20.4. The first kappa shape index (κ1) is 40.5. The van der Waals surface area contributed by atoms with Gasteiger partial charge in [-0.2, -0.15) is 0 Å². The SMILES string of the molecule is CC(C)(C)C1=CC2C(C=C1)N(C1CC=C3B4c5c6cc(cc5-n5c7c(c8cccc4c85)S[C@@H]4CCCCC74)C(C)(C)c4ccc5c(c4)C4C(=CC=CC4C(C6)C3C1)S5)C1(C)CCCCC21C. The van der Waals surface area contributed by atoms with Crippen molar-refractivity contribution in [3.8, 4) is 5.69 Å². The number of hydrogen-bond acceptors (Lipinski definition) is 3. The molecule has 66 heavy (non-hydrogen) atoms. The molecule has 3 aromatic carbocycles. The first-order valence-electron chi connectivity index (χ1n) is 26.4. The molecule has 6 aliphatic carbocycles. The molecule has 6 heterocycles. The summed E-state index contributed by atoms with van der Waals surface area (Å²) >= 11 is 4.33. The summed E-state index contributed by atoms with van der Waals surface area (Å²) < 4.78 is 2.92. The van der Waals surface area contributed by atoms with Crippen LogP contribution in [0.5, 0.6) is 0 Å². The van der Waals surface area contributed by atoms with Crippen molar-refractivity contribution >= 4 is 52.1 Å². The van der Waals surface area contributed by atoms with E-state index in [1.165, 1.54) is 79.5 Å². The van der Waals surface area contributed by atoms with Crippen molar-refractivity contribution in [2.75, 3.05) is 0 Å². The molecule has 2 saturated carbocycles. The molecule has 5 bridgehead atoms. The van der Waals surface area contributed by atoms with Gasteiger partial charge in [0.05, 0.1) is 0 Å². The highest BCUT2D eigenvalue weighted by atomic mass is 32.2. The molecule has 11 atom stereocenters. The van der Waals surface area contributed by atoms with Crippen LogP contribution in [0.4, 0.5) is 0 Å². The molecule has 0 radical (unpaired) electrons. The largest absolute Gasteiger partial charge is 0.313 e. The fraction of sp³-hybridized carbons (Fsp3) is 0.508. The molecule has 1 saturated heterocycles. The Morgan fingerprint density at radius 2 is 1.74 bits per heavy atom.